The number of carbonyl (C=O) groups excluding carboxylic acids is 1. The minimum Gasteiger partial charge on any atom is -0.300 e. The maximum atomic E-state index is 11.5. The predicted octanol–water partition coefficient (Wildman–Crippen LogP) is 3.42. The van der Waals surface area contributed by atoms with Crippen LogP contribution in [0, 0.1) is 5.92 Å². The van der Waals surface area contributed by atoms with Gasteiger partial charge in [-0.05, 0) is 61.3 Å². The van der Waals surface area contributed by atoms with Crippen LogP contribution < -0.4 is 0 Å². The van der Waals surface area contributed by atoms with E-state index in [2.05, 4.69) is 23.2 Å². The zero-order valence-corrected chi connectivity index (χ0v) is 11.1. The molecule has 1 aromatic heterocycles. The van der Waals surface area contributed by atoms with Crippen LogP contribution in [0.2, 0.25) is 0 Å². The van der Waals surface area contributed by atoms with Crippen molar-refractivity contribution in [2.45, 2.75) is 38.5 Å². The standard InChI is InChI=1S/C17H17NO/c1-10(19)12-4-13-6-15-8-17(11-2-3-11)18-9-16(15)7-14(13)5-12/h6-9,11-12H,2-5H2,1H3. The highest BCUT2D eigenvalue weighted by atomic mass is 16.1. The number of nitrogens with zero attached hydrogens (tertiary/aromatic N) is 1. The van der Waals surface area contributed by atoms with Crippen molar-refractivity contribution in [1.82, 2.24) is 4.98 Å². The van der Waals surface area contributed by atoms with Crippen LogP contribution in [0.5, 0.6) is 0 Å². The zero-order valence-electron chi connectivity index (χ0n) is 11.1. The van der Waals surface area contributed by atoms with Gasteiger partial charge in [0, 0.05) is 29.1 Å². The molecule has 0 N–H and O–H groups in total. The van der Waals surface area contributed by atoms with Crippen LogP contribution in [0.3, 0.4) is 0 Å². The second-order valence-electron chi connectivity index (χ2n) is 6.07. The summed E-state index contributed by atoms with van der Waals surface area (Å²) in [7, 11) is 0. The number of carbonyl (C=O) groups is 1. The van der Waals surface area contributed by atoms with Gasteiger partial charge >= 0.3 is 0 Å². The Labute approximate surface area is 112 Å². The number of rotatable bonds is 2. The number of hydrogen-bond donors (Lipinski definition) is 0. The summed E-state index contributed by atoms with van der Waals surface area (Å²) < 4.78 is 0. The Hall–Kier alpha value is -1.70. The molecule has 2 aliphatic rings. The lowest BCUT2D eigenvalue weighted by molar-refractivity contribution is -0.120. The normalized spacial score (nSPS) is 21.6. The topological polar surface area (TPSA) is 30.0 Å². The summed E-state index contributed by atoms with van der Waals surface area (Å²) >= 11 is 0. The second-order valence-corrected chi connectivity index (χ2v) is 6.07. The average molecular weight is 251 g/mol. The third kappa shape index (κ3) is 1.86. The Balaban J connectivity index is 1.79. The summed E-state index contributed by atoms with van der Waals surface area (Å²) in [6, 6.07) is 6.76. The maximum Gasteiger partial charge on any atom is 0.133 e. The van der Waals surface area contributed by atoms with Gasteiger partial charge in [-0.1, -0.05) is 6.07 Å². The first-order valence-corrected chi connectivity index (χ1v) is 7.12. The van der Waals surface area contributed by atoms with Crippen LogP contribution in [0.25, 0.3) is 10.8 Å². The van der Waals surface area contributed by atoms with E-state index in [9.17, 15) is 4.79 Å². The number of pyridine rings is 1. The molecule has 1 heterocycles. The summed E-state index contributed by atoms with van der Waals surface area (Å²) in [5.74, 6) is 1.21. The van der Waals surface area contributed by atoms with Gasteiger partial charge in [-0.3, -0.25) is 9.78 Å². The highest BCUT2D eigenvalue weighted by Gasteiger charge is 2.27. The Kier molecular flexibility index (Phi) is 2.29. The second kappa shape index (κ2) is 3.89. The molecule has 2 heteroatoms. The van der Waals surface area contributed by atoms with Crippen molar-refractivity contribution in [3.05, 3.63) is 41.2 Å². The van der Waals surface area contributed by atoms with Gasteiger partial charge < -0.3 is 0 Å². The van der Waals surface area contributed by atoms with Crippen molar-refractivity contribution in [3.8, 4) is 0 Å². The largest absolute Gasteiger partial charge is 0.300 e. The molecule has 0 saturated heterocycles. The maximum absolute atomic E-state index is 11.5. The molecule has 2 aromatic rings. The van der Waals surface area contributed by atoms with Gasteiger partial charge in [-0.2, -0.15) is 0 Å². The first-order chi connectivity index (χ1) is 9.20. The Morgan fingerprint density at radius 2 is 1.79 bits per heavy atom. The fraction of sp³-hybridized carbons (Fsp3) is 0.412. The highest BCUT2D eigenvalue weighted by molar-refractivity contribution is 5.86. The van der Waals surface area contributed by atoms with E-state index < -0.39 is 0 Å². The first kappa shape index (κ1) is 11.2. The predicted molar refractivity (Wildman–Crippen MR) is 75.3 cm³/mol. The molecule has 0 radical (unpaired) electrons. The molecule has 2 aliphatic carbocycles. The van der Waals surface area contributed by atoms with Crippen molar-refractivity contribution in [1.29, 1.82) is 0 Å². The fourth-order valence-electron chi connectivity index (χ4n) is 3.18. The minimum absolute atomic E-state index is 0.197. The van der Waals surface area contributed by atoms with E-state index >= 15 is 0 Å². The molecular weight excluding hydrogens is 234 g/mol. The first-order valence-electron chi connectivity index (χ1n) is 7.12. The van der Waals surface area contributed by atoms with Crippen LogP contribution in [0.1, 0.15) is 42.5 Å². The van der Waals surface area contributed by atoms with E-state index in [4.69, 9.17) is 0 Å². The summed E-state index contributed by atoms with van der Waals surface area (Å²) in [6.45, 7) is 1.71. The number of ketones is 1. The third-order valence-electron chi connectivity index (χ3n) is 4.56. The van der Waals surface area contributed by atoms with Gasteiger partial charge in [-0.25, -0.2) is 0 Å². The lowest BCUT2D eigenvalue weighted by Crippen LogP contribution is -2.09. The van der Waals surface area contributed by atoms with E-state index in [1.807, 2.05) is 6.20 Å². The minimum atomic E-state index is 0.197. The monoisotopic (exact) mass is 251 g/mol. The SMILES string of the molecule is CC(=O)C1Cc2cc3cnc(C4CC4)cc3cc2C1. The molecule has 0 bridgehead atoms. The van der Waals surface area contributed by atoms with Gasteiger partial charge in [-0.15, -0.1) is 0 Å². The number of fused-ring (bicyclic) bond motifs is 2. The van der Waals surface area contributed by atoms with Crippen LogP contribution >= 0.6 is 0 Å². The van der Waals surface area contributed by atoms with E-state index in [1.165, 1.54) is 40.4 Å². The molecule has 0 spiro atoms. The average Bonchev–Trinajstić information content (AvgIpc) is 3.15. The van der Waals surface area contributed by atoms with Gasteiger partial charge in [0.15, 0.2) is 0 Å². The molecule has 4 rings (SSSR count). The molecule has 19 heavy (non-hydrogen) atoms. The molecule has 0 amide bonds. The molecule has 96 valence electrons. The van der Waals surface area contributed by atoms with Crippen molar-refractivity contribution >= 4 is 16.6 Å². The van der Waals surface area contributed by atoms with Crippen molar-refractivity contribution in [3.63, 3.8) is 0 Å². The lowest BCUT2D eigenvalue weighted by atomic mass is 10.0. The van der Waals surface area contributed by atoms with Gasteiger partial charge in [0.2, 0.25) is 0 Å². The molecular formula is C17H17NO. The van der Waals surface area contributed by atoms with Gasteiger partial charge in [0.05, 0.1) is 0 Å². The summed E-state index contributed by atoms with van der Waals surface area (Å²) in [5.41, 5.74) is 3.95. The molecule has 1 atom stereocenters. The van der Waals surface area contributed by atoms with E-state index in [-0.39, 0.29) is 5.92 Å². The van der Waals surface area contributed by atoms with Crippen molar-refractivity contribution in [2.24, 2.45) is 5.92 Å². The van der Waals surface area contributed by atoms with Crippen LogP contribution in [0.4, 0.5) is 0 Å². The Bertz CT molecular complexity index is 685. The molecule has 1 saturated carbocycles. The number of Topliss-reactive ketones (excluding diaryl/α,β-unsaturated/α-hetero) is 1. The molecule has 1 fully saturated rings. The molecule has 0 aliphatic heterocycles. The fourth-order valence-corrected chi connectivity index (χ4v) is 3.18. The van der Waals surface area contributed by atoms with Crippen LogP contribution in [0.15, 0.2) is 24.4 Å². The van der Waals surface area contributed by atoms with Crippen LogP contribution in [-0.2, 0) is 17.6 Å². The van der Waals surface area contributed by atoms with E-state index in [1.54, 1.807) is 6.92 Å². The third-order valence-corrected chi connectivity index (χ3v) is 4.56. The summed E-state index contributed by atoms with van der Waals surface area (Å²) in [6.07, 6.45) is 6.41. The van der Waals surface area contributed by atoms with E-state index in [0.29, 0.717) is 11.7 Å². The van der Waals surface area contributed by atoms with Crippen molar-refractivity contribution < 1.29 is 4.79 Å². The van der Waals surface area contributed by atoms with Gasteiger partial charge in [0.25, 0.3) is 0 Å². The highest BCUT2D eigenvalue weighted by Crippen LogP contribution is 2.40. The smallest absolute Gasteiger partial charge is 0.133 e. The van der Waals surface area contributed by atoms with E-state index in [0.717, 1.165) is 12.8 Å². The molecule has 1 aromatic carbocycles. The number of benzene rings is 1. The van der Waals surface area contributed by atoms with Gasteiger partial charge in [0.1, 0.15) is 5.78 Å². The zero-order chi connectivity index (χ0) is 13.0. The molecule has 2 nitrogen and oxygen atoms in total. The Morgan fingerprint density at radius 3 is 2.42 bits per heavy atom. The molecule has 1 unspecified atom stereocenters. The van der Waals surface area contributed by atoms with Crippen molar-refractivity contribution in [2.75, 3.05) is 0 Å². The van der Waals surface area contributed by atoms with Crippen LogP contribution in [-0.4, -0.2) is 10.8 Å². The summed E-state index contributed by atoms with van der Waals surface area (Å²) in [4.78, 5) is 16.1. The summed E-state index contributed by atoms with van der Waals surface area (Å²) in [5, 5.41) is 2.51. The quantitative estimate of drug-likeness (QED) is 0.818. The lowest BCUT2D eigenvalue weighted by Gasteiger charge is -2.05. The Morgan fingerprint density at radius 1 is 1.11 bits per heavy atom. The number of hydrogen-bond acceptors (Lipinski definition) is 2. The number of aromatic nitrogens is 1.